The van der Waals surface area contributed by atoms with E-state index < -0.39 is 6.10 Å². The first-order chi connectivity index (χ1) is 34.6. The van der Waals surface area contributed by atoms with Crippen molar-refractivity contribution in [1.29, 1.82) is 0 Å². The van der Waals surface area contributed by atoms with Gasteiger partial charge < -0.3 is 14.2 Å². The molecule has 0 amide bonds. The number of esters is 2. The molecule has 0 N–H and O–H groups in total. The minimum absolute atomic E-state index is 0.0894. The number of hydrogen-bond donors (Lipinski definition) is 0. The van der Waals surface area contributed by atoms with Gasteiger partial charge in [0.1, 0.15) is 6.61 Å². The molecular weight excluding hydrogens is 861 g/mol. The molecule has 0 aromatic heterocycles. The molecule has 5 heteroatoms. The number of ether oxygens (including phenoxy) is 3. The topological polar surface area (TPSA) is 61.8 Å². The standard InChI is InChI=1S/C65H124O5/c1-4-7-10-13-16-19-22-25-28-31-33-35-37-40-43-46-49-52-55-58-64(66)69-62-63(61-68-60-57-54-51-48-45-42-39-30-27-24-21-18-15-12-9-6-3)70-65(67)59-56-53-50-47-44-41-38-36-34-32-29-26-23-20-17-14-11-8-5-2/h25,27-28,30,63H,4-24,26,29,31-62H2,1-3H3/b28-25-,30-27-. The maximum Gasteiger partial charge on any atom is 0.306 e. The molecule has 70 heavy (non-hydrogen) atoms. The molecule has 1 atom stereocenters. The lowest BCUT2D eigenvalue weighted by Gasteiger charge is -2.18. The largest absolute Gasteiger partial charge is 0.462 e. The third kappa shape index (κ3) is 58.9. The molecule has 1 unspecified atom stereocenters. The molecule has 0 rings (SSSR count). The summed E-state index contributed by atoms with van der Waals surface area (Å²) in [5.74, 6) is -0.376. The lowest BCUT2D eigenvalue weighted by molar-refractivity contribution is -0.163. The molecular formula is C65H124O5. The lowest BCUT2D eigenvalue weighted by atomic mass is 10.0. The van der Waals surface area contributed by atoms with Gasteiger partial charge in [-0.05, 0) is 70.6 Å². The maximum atomic E-state index is 12.9. The molecule has 0 aliphatic heterocycles. The van der Waals surface area contributed by atoms with Crippen molar-refractivity contribution in [3.63, 3.8) is 0 Å². The van der Waals surface area contributed by atoms with E-state index in [-0.39, 0.29) is 18.5 Å². The molecule has 0 fully saturated rings. The predicted octanol–water partition coefficient (Wildman–Crippen LogP) is 21.9. The van der Waals surface area contributed by atoms with E-state index in [0.717, 1.165) is 38.5 Å². The minimum Gasteiger partial charge on any atom is -0.462 e. The number of carbonyl (C=O) groups excluding carboxylic acids is 2. The summed E-state index contributed by atoms with van der Waals surface area (Å²) in [7, 11) is 0. The van der Waals surface area contributed by atoms with Crippen LogP contribution in [0.4, 0.5) is 0 Å². The van der Waals surface area contributed by atoms with Crippen LogP contribution in [0, 0.1) is 0 Å². The molecule has 0 aromatic rings. The molecule has 0 spiro atoms. The smallest absolute Gasteiger partial charge is 0.306 e. The van der Waals surface area contributed by atoms with Crippen LogP contribution in [0.1, 0.15) is 355 Å². The van der Waals surface area contributed by atoms with Gasteiger partial charge in [0.05, 0.1) is 6.61 Å². The summed E-state index contributed by atoms with van der Waals surface area (Å²) >= 11 is 0. The van der Waals surface area contributed by atoms with Crippen LogP contribution in [0.25, 0.3) is 0 Å². The Bertz CT molecular complexity index is 1070. The van der Waals surface area contributed by atoms with Crippen molar-refractivity contribution in [3.05, 3.63) is 24.3 Å². The zero-order valence-electron chi connectivity index (χ0n) is 47.8. The molecule has 0 radical (unpaired) electrons. The van der Waals surface area contributed by atoms with Gasteiger partial charge in [-0.25, -0.2) is 0 Å². The molecule has 0 saturated heterocycles. The number of rotatable bonds is 60. The van der Waals surface area contributed by atoms with Gasteiger partial charge >= 0.3 is 11.9 Å². The van der Waals surface area contributed by atoms with Gasteiger partial charge in [0, 0.05) is 19.4 Å². The van der Waals surface area contributed by atoms with Gasteiger partial charge in [-0.15, -0.1) is 0 Å². The fraction of sp³-hybridized carbons (Fsp3) is 0.908. The Labute approximate surface area is 438 Å². The van der Waals surface area contributed by atoms with Crippen LogP contribution in [0.3, 0.4) is 0 Å². The summed E-state index contributed by atoms with van der Waals surface area (Å²) in [6.07, 6.45) is 75.0. The highest BCUT2D eigenvalue weighted by atomic mass is 16.6. The third-order valence-electron chi connectivity index (χ3n) is 14.5. The van der Waals surface area contributed by atoms with E-state index in [0.29, 0.717) is 26.1 Å². The van der Waals surface area contributed by atoms with E-state index in [1.165, 1.54) is 283 Å². The Balaban J connectivity index is 4.22. The van der Waals surface area contributed by atoms with E-state index in [9.17, 15) is 9.59 Å². The number of unbranched alkanes of at least 4 members (excludes halogenated alkanes) is 45. The zero-order valence-corrected chi connectivity index (χ0v) is 47.8. The Morgan fingerprint density at radius 1 is 0.300 bits per heavy atom. The van der Waals surface area contributed by atoms with Crippen molar-refractivity contribution in [2.45, 2.75) is 361 Å². The van der Waals surface area contributed by atoms with Crippen molar-refractivity contribution in [2.24, 2.45) is 0 Å². The van der Waals surface area contributed by atoms with E-state index in [1.807, 2.05) is 0 Å². The first-order valence-corrected chi connectivity index (χ1v) is 31.9. The fourth-order valence-electron chi connectivity index (χ4n) is 9.68. The lowest BCUT2D eigenvalue weighted by Crippen LogP contribution is -2.30. The van der Waals surface area contributed by atoms with Gasteiger partial charge in [0.15, 0.2) is 6.10 Å². The molecule has 0 bridgehead atoms. The second-order valence-corrected chi connectivity index (χ2v) is 21.7. The number of hydrogen-bond acceptors (Lipinski definition) is 5. The second-order valence-electron chi connectivity index (χ2n) is 21.7. The van der Waals surface area contributed by atoms with Crippen LogP contribution in [0.2, 0.25) is 0 Å². The van der Waals surface area contributed by atoms with Crippen LogP contribution in [-0.2, 0) is 23.8 Å². The molecule has 0 aliphatic rings. The fourth-order valence-corrected chi connectivity index (χ4v) is 9.68. The summed E-state index contributed by atoms with van der Waals surface area (Å²) < 4.78 is 17.5. The third-order valence-corrected chi connectivity index (χ3v) is 14.5. The highest BCUT2D eigenvalue weighted by Gasteiger charge is 2.18. The summed E-state index contributed by atoms with van der Waals surface area (Å²) in [6.45, 7) is 7.89. The van der Waals surface area contributed by atoms with Gasteiger partial charge in [0.25, 0.3) is 0 Å². The Hall–Kier alpha value is -1.62. The first-order valence-electron chi connectivity index (χ1n) is 31.9. The molecule has 0 aliphatic carbocycles. The summed E-state index contributed by atoms with van der Waals surface area (Å²) in [4.78, 5) is 25.6. The summed E-state index contributed by atoms with van der Waals surface area (Å²) in [6, 6.07) is 0. The van der Waals surface area contributed by atoms with E-state index in [2.05, 4.69) is 45.1 Å². The molecule has 414 valence electrons. The first kappa shape index (κ1) is 68.4. The van der Waals surface area contributed by atoms with Gasteiger partial charge in [0.2, 0.25) is 0 Å². The minimum atomic E-state index is -0.535. The van der Waals surface area contributed by atoms with Crippen LogP contribution >= 0.6 is 0 Å². The Morgan fingerprint density at radius 3 is 0.871 bits per heavy atom. The normalized spacial score (nSPS) is 12.2. The summed E-state index contributed by atoms with van der Waals surface area (Å²) in [5.41, 5.74) is 0. The molecule has 5 nitrogen and oxygen atoms in total. The average molecular weight is 986 g/mol. The molecule has 0 heterocycles. The van der Waals surface area contributed by atoms with Crippen molar-refractivity contribution in [3.8, 4) is 0 Å². The maximum absolute atomic E-state index is 12.9. The van der Waals surface area contributed by atoms with Gasteiger partial charge in [-0.3, -0.25) is 9.59 Å². The van der Waals surface area contributed by atoms with Crippen molar-refractivity contribution < 1.29 is 23.8 Å². The highest BCUT2D eigenvalue weighted by Crippen LogP contribution is 2.17. The average Bonchev–Trinajstić information content (AvgIpc) is 3.36. The van der Waals surface area contributed by atoms with Crippen LogP contribution in [-0.4, -0.2) is 37.9 Å². The molecule has 0 aromatic carbocycles. The Morgan fingerprint density at radius 2 is 0.557 bits per heavy atom. The highest BCUT2D eigenvalue weighted by molar-refractivity contribution is 5.70. The Kier molecular flexibility index (Phi) is 60.3. The monoisotopic (exact) mass is 985 g/mol. The van der Waals surface area contributed by atoms with Crippen molar-refractivity contribution in [1.82, 2.24) is 0 Å². The van der Waals surface area contributed by atoms with Gasteiger partial charge in [-0.1, -0.05) is 295 Å². The van der Waals surface area contributed by atoms with E-state index in [4.69, 9.17) is 14.2 Å². The quantitative estimate of drug-likeness (QED) is 0.0345. The number of allylic oxidation sites excluding steroid dienone is 4. The van der Waals surface area contributed by atoms with E-state index >= 15 is 0 Å². The van der Waals surface area contributed by atoms with Crippen LogP contribution in [0.5, 0.6) is 0 Å². The summed E-state index contributed by atoms with van der Waals surface area (Å²) in [5, 5.41) is 0. The zero-order chi connectivity index (χ0) is 50.6. The molecule has 0 saturated carbocycles. The second kappa shape index (κ2) is 61.7. The van der Waals surface area contributed by atoms with Crippen molar-refractivity contribution >= 4 is 11.9 Å². The van der Waals surface area contributed by atoms with Crippen LogP contribution in [0.15, 0.2) is 24.3 Å². The van der Waals surface area contributed by atoms with Crippen LogP contribution < -0.4 is 0 Å². The number of carbonyl (C=O) groups is 2. The van der Waals surface area contributed by atoms with E-state index in [1.54, 1.807) is 0 Å². The predicted molar refractivity (Wildman–Crippen MR) is 307 cm³/mol. The van der Waals surface area contributed by atoms with Crippen molar-refractivity contribution in [2.75, 3.05) is 19.8 Å². The van der Waals surface area contributed by atoms with Gasteiger partial charge in [-0.2, -0.15) is 0 Å². The SMILES string of the molecule is CCCCCCCC/C=C\CCCCCCCCCCCC(=O)OCC(COCCCCCCCC/C=C\CCCCCCCC)OC(=O)CCCCCCCCCCCCCCCCCCCCC.